The minimum atomic E-state index is -1.60. The first-order chi connectivity index (χ1) is 6.04. The lowest BCUT2D eigenvalue weighted by molar-refractivity contribution is 0.392. The number of alkyl halides is 1. The van der Waals surface area contributed by atoms with Gasteiger partial charge in [-0.2, -0.15) is 21.4 Å². The first kappa shape index (κ1) is 11.5. The number of hydrogen-bond donors (Lipinski definition) is 1. The quantitative estimate of drug-likeness (QED) is 0.565. The molecule has 0 aromatic heterocycles. The van der Waals surface area contributed by atoms with Crippen molar-refractivity contribution in [3.63, 3.8) is 0 Å². The lowest BCUT2D eigenvalue weighted by Crippen LogP contribution is -2.35. The molecule has 2 unspecified atom stereocenters. The van der Waals surface area contributed by atoms with Crippen molar-refractivity contribution in [2.24, 2.45) is 0 Å². The molecule has 0 N–H and O–H groups in total. The molecule has 0 nitrogen and oxygen atoms in total. The van der Waals surface area contributed by atoms with Crippen LogP contribution in [0.2, 0.25) is 0 Å². The Kier molecular flexibility index (Phi) is 4.23. The summed E-state index contributed by atoms with van der Waals surface area (Å²) >= 11 is 8.01. The van der Waals surface area contributed by atoms with Crippen LogP contribution >= 0.6 is 28.6 Å². The summed E-state index contributed by atoms with van der Waals surface area (Å²) in [6.07, 6.45) is 3.94. The maximum atomic E-state index is 11.9. The molecule has 0 spiro atoms. The second kappa shape index (κ2) is 4.78. The third-order valence-electron chi connectivity index (χ3n) is 2.51. The number of allylic oxidation sites excluding steroid dienone is 1. The molecular weight excluding hydrogens is 258 g/mol. The standard InChI is InChI=1S/C9H13BrF2S/c10-7-3-1-2-5-9(7,13)6-4-8(11)12/h4,7,13H,1-3,5-6H2. The summed E-state index contributed by atoms with van der Waals surface area (Å²) in [5, 5.41) is 0. The summed E-state index contributed by atoms with van der Waals surface area (Å²) in [6.45, 7) is 0. The van der Waals surface area contributed by atoms with Crippen LogP contribution in [0.15, 0.2) is 12.2 Å². The van der Waals surface area contributed by atoms with E-state index in [1.165, 1.54) is 6.42 Å². The lowest BCUT2D eigenvalue weighted by atomic mass is 9.86. The fourth-order valence-electron chi connectivity index (χ4n) is 1.66. The monoisotopic (exact) mass is 270 g/mol. The van der Waals surface area contributed by atoms with Crippen LogP contribution in [0.25, 0.3) is 0 Å². The van der Waals surface area contributed by atoms with E-state index >= 15 is 0 Å². The molecule has 0 aromatic rings. The van der Waals surface area contributed by atoms with Crippen LogP contribution in [0, 0.1) is 0 Å². The number of thiol groups is 1. The van der Waals surface area contributed by atoms with Crippen LogP contribution in [0.3, 0.4) is 0 Å². The molecule has 2 atom stereocenters. The third kappa shape index (κ3) is 3.24. The highest BCUT2D eigenvalue weighted by Gasteiger charge is 2.35. The molecule has 0 saturated heterocycles. The van der Waals surface area contributed by atoms with Gasteiger partial charge in [-0.15, -0.1) is 0 Å². The fraction of sp³-hybridized carbons (Fsp3) is 0.778. The molecule has 13 heavy (non-hydrogen) atoms. The van der Waals surface area contributed by atoms with Crippen molar-refractivity contribution in [1.29, 1.82) is 0 Å². The maximum absolute atomic E-state index is 11.9. The molecule has 1 saturated carbocycles. The Bertz CT molecular complexity index is 204. The first-order valence-corrected chi connectivity index (χ1v) is 5.78. The Morgan fingerprint density at radius 2 is 2.23 bits per heavy atom. The highest BCUT2D eigenvalue weighted by Crippen LogP contribution is 2.41. The van der Waals surface area contributed by atoms with E-state index in [1.54, 1.807) is 0 Å². The second-order valence-electron chi connectivity index (χ2n) is 3.51. The lowest BCUT2D eigenvalue weighted by Gasteiger charge is -2.36. The summed E-state index contributed by atoms with van der Waals surface area (Å²) in [5.41, 5.74) is 0. The molecule has 0 aromatic carbocycles. The number of hydrogen-bond acceptors (Lipinski definition) is 1. The second-order valence-corrected chi connectivity index (χ2v) is 5.51. The average Bonchev–Trinajstić information content (AvgIpc) is 2.07. The first-order valence-electron chi connectivity index (χ1n) is 4.42. The van der Waals surface area contributed by atoms with Crippen LogP contribution in [0.1, 0.15) is 32.1 Å². The largest absolute Gasteiger partial charge is 0.266 e. The van der Waals surface area contributed by atoms with Gasteiger partial charge in [0.05, 0.1) is 0 Å². The van der Waals surface area contributed by atoms with E-state index in [0.29, 0.717) is 6.42 Å². The van der Waals surface area contributed by atoms with Gasteiger partial charge < -0.3 is 0 Å². The predicted molar refractivity (Wildman–Crippen MR) is 57.8 cm³/mol. The van der Waals surface area contributed by atoms with Crippen molar-refractivity contribution >= 4 is 28.6 Å². The Balaban J connectivity index is 2.56. The molecule has 76 valence electrons. The zero-order chi connectivity index (χ0) is 9.90. The Hall–Kier alpha value is 0.430. The van der Waals surface area contributed by atoms with Gasteiger partial charge in [-0.05, 0) is 25.3 Å². The predicted octanol–water partition coefficient (Wildman–Crippen LogP) is 4.16. The molecule has 0 bridgehead atoms. The fourth-order valence-corrected chi connectivity index (χ4v) is 2.78. The van der Waals surface area contributed by atoms with Crippen molar-refractivity contribution < 1.29 is 8.78 Å². The maximum Gasteiger partial charge on any atom is 0.266 e. The van der Waals surface area contributed by atoms with E-state index in [2.05, 4.69) is 28.6 Å². The van der Waals surface area contributed by atoms with Gasteiger partial charge in [-0.1, -0.05) is 28.8 Å². The molecule has 1 fully saturated rings. The summed E-state index contributed by atoms with van der Waals surface area (Å²) in [5.74, 6) is 0. The average molecular weight is 271 g/mol. The summed E-state index contributed by atoms with van der Waals surface area (Å²) < 4.78 is 23.5. The highest BCUT2D eigenvalue weighted by atomic mass is 79.9. The van der Waals surface area contributed by atoms with Crippen molar-refractivity contribution in [3.8, 4) is 0 Å². The molecule has 0 radical (unpaired) electrons. The topological polar surface area (TPSA) is 0 Å². The molecule has 0 heterocycles. The van der Waals surface area contributed by atoms with E-state index in [4.69, 9.17) is 0 Å². The van der Waals surface area contributed by atoms with Gasteiger partial charge in [-0.3, -0.25) is 0 Å². The van der Waals surface area contributed by atoms with Gasteiger partial charge in [0.1, 0.15) is 0 Å². The summed E-state index contributed by atoms with van der Waals surface area (Å²) in [6, 6.07) is 0. The molecule has 1 aliphatic carbocycles. The molecule has 0 amide bonds. The number of rotatable bonds is 2. The number of halogens is 3. The molecule has 1 rings (SSSR count). The smallest absolute Gasteiger partial charge is 0.174 e. The van der Waals surface area contributed by atoms with Gasteiger partial charge in [0.15, 0.2) is 0 Å². The van der Waals surface area contributed by atoms with Crippen LogP contribution in [-0.4, -0.2) is 9.57 Å². The molecule has 4 heteroatoms. The van der Waals surface area contributed by atoms with E-state index in [9.17, 15) is 8.78 Å². The molecule has 1 aliphatic rings. The van der Waals surface area contributed by atoms with E-state index in [-0.39, 0.29) is 9.57 Å². The Morgan fingerprint density at radius 1 is 1.54 bits per heavy atom. The van der Waals surface area contributed by atoms with Crippen LogP contribution in [0.4, 0.5) is 8.78 Å². The van der Waals surface area contributed by atoms with Crippen LogP contribution in [-0.2, 0) is 0 Å². The van der Waals surface area contributed by atoms with Gasteiger partial charge in [0.2, 0.25) is 0 Å². The van der Waals surface area contributed by atoms with Crippen molar-refractivity contribution in [3.05, 3.63) is 12.2 Å². The van der Waals surface area contributed by atoms with Gasteiger partial charge in [0.25, 0.3) is 6.08 Å². The van der Waals surface area contributed by atoms with Gasteiger partial charge >= 0.3 is 0 Å². The van der Waals surface area contributed by atoms with Gasteiger partial charge in [-0.25, -0.2) is 0 Å². The summed E-state index contributed by atoms with van der Waals surface area (Å²) in [4.78, 5) is 0.257. The Morgan fingerprint density at radius 3 is 2.77 bits per heavy atom. The zero-order valence-electron chi connectivity index (χ0n) is 7.27. The van der Waals surface area contributed by atoms with Crippen molar-refractivity contribution in [2.45, 2.75) is 41.7 Å². The SMILES string of the molecule is FC(F)=CCC1(S)CCCCC1Br. The van der Waals surface area contributed by atoms with Crippen LogP contribution < -0.4 is 0 Å². The van der Waals surface area contributed by atoms with E-state index in [0.717, 1.165) is 25.3 Å². The minimum absolute atomic E-state index is 0.257. The minimum Gasteiger partial charge on any atom is -0.174 e. The molecular formula is C9H13BrF2S. The zero-order valence-corrected chi connectivity index (χ0v) is 9.75. The van der Waals surface area contributed by atoms with E-state index in [1.807, 2.05) is 0 Å². The van der Waals surface area contributed by atoms with Crippen molar-refractivity contribution in [1.82, 2.24) is 0 Å². The Labute approximate surface area is 91.3 Å². The normalized spacial score (nSPS) is 34.3. The highest BCUT2D eigenvalue weighted by molar-refractivity contribution is 9.09. The van der Waals surface area contributed by atoms with E-state index < -0.39 is 6.08 Å². The van der Waals surface area contributed by atoms with Crippen molar-refractivity contribution in [2.75, 3.05) is 0 Å². The molecule has 0 aliphatic heterocycles. The third-order valence-corrected chi connectivity index (χ3v) is 4.92. The summed E-state index contributed by atoms with van der Waals surface area (Å²) in [7, 11) is 0. The van der Waals surface area contributed by atoms with Crippen LogP contribution in [0.5, 0.6) is 0 Å². The van der Waals surface area contributed by atoms with Gasteiger partial charge in [0, 0.05) is 9.57 Å².